The molecule has 1 amide bonds. The number of fused-ring (bicyclic) bond motifs is 4. The molecule has 8 heteroatoms. The van der Waals surface area contributed by atoms with Crippen molar-refractivity contribution in [2.24, 2.45) is 50.7 Å². The third-order valence-corrected chi connectivity index (χ3v) is 15.2. The van der Waals surface area contributed by atoms with E-state index in [9.17, 15) is 20.1 Å². The Hall–Kier alpha value is -1.74. The highest BCUT2D eigenvalue weighted by Gasteiger charge is 2.84. The van der Waals surface area contributed by atoms with Crippen LogP contribution in [0.15, 0.2) is 24.4 Å². The van der Waals surface area contributed by atoms with Crippen LogP contribution in [-0.4, -0.2) is 62.5 Å². The Kier molecular flexibility index (Phi) is 7.17. The molecular weight excluding hydrogens is 568 g/mol. The first-order valence-corrected chi connectivity index (χ1v) is 17.6. The standard InChI is InChI=1S/C37H56N2O6/c1-21-18-23(29(40)33(4,5)43)44-28-27(21)34(6)15-16-37-20-36(37)14-13-26(45-31(42)39-19-22-10-8-9-17-38-22)32(2,3)24(36)11-12-25(37)35(34,7)30(28)41/h8-10,17,21,23-30,40-41,43H,11-16,18-20H2,1-7H3,(H,39,42)/t21-,23?,24+,25?,26+,27+,28?,29+,30+,34-,35-,36?,37?/m1/s1. The van der Waals surface area contributed by atoms with Gasteiger partial charge in [-0.3, -0.25) is 4.98 Å². The molecule has 2 spiro atoms. The lowest BCUT2D eigenvalue weighted by Crippen LogP contribution is -2.60. The minimum atomic E-state index is -1.26. The largest absolute Gasteiger partial charge is 0.446 e. The van der Waals surface area contributed by atoms with Crippen LogP contribution in [0.2, 0.25) is 0 Å². The number of nitrogens with one attached hydrogen (secondary N) is 1. The highest BCUT2D eigenvalue weighted by atomic mass is 16.6. The fraction of sp³-hybridized carbons (Fsp3) is 0.838. The lowest BCUT2D eigenvalue weighted by molar-refractivity contribution is -0.202. The minimum absolute atomic E-state index is 0.0603. The summed E-state index contributed by atoms with van der Waals surface area (Å²) in [7, 11) is 0. The number of ether oxygens (including phenoxy) is 2. The van der Waals surface area contributed by atoms with E-state index in [0.717, 1.165) is 37.8 Å². The van der Waals surface area contributed by atoms with Crippen LogP contribution in [-0.2, 0) is 16.0 Å². The van der Waals surface area contributed by atoms with Crippen molar-refractivity contribution < 1.29 is 29.6 Å². The van der Waals surface area contributed by atoms with Gasteiger partial charge in [0.05, 0.1) is 36.2 Å². The predicted octanol–water partition coefficient (Wildman–Crippen LogP) is 5.62. The maximum atomic E-state index is 12.9. The Balaban J connectivity index is 1.11. The van der Waals surface area contributed by atoms with Gasteiger partial charge < -0.3 is 30.1 Å². The van der Waals surface area contributed by atoms with E-state index in [1.165, 1.54) is 12.8 Å². The molecule has 5 unspecified atom stereocenters. The number of aliphatic hydroxyl groups is 3. The van der Waals surface area contributed by atoms with Gasteiger partial charge in [0.2, 0.25) is 0 Å². The summed E-state index contributed by atoms with van der Waals surface area (Å²) < 4.78 is 12.8. The summed E-state index contributed by atoms with van der Waals surface area (Å²) in [5.41, 5.74) is -0.512. The molecule has 5 aliphatic carbocycles. The van der Waals surface area contributed by atoms with Gasteiger partial charge in [-0.25, -0.2) is 4.79 Å². The Morgan fingerprint density at radius 2 is 1.82 bits per heavy atom. The minimum Gasteiger partial charge on any atom is -0.446 e. The lowest BCUT2D eigenvalue weighted by atomic mass is 9.41. The number of hydrogen-bond donors (Lipinski definition) is 4. The zero-order valence-electron chi connectivity index (χ0n) is 28.4. The fourth-order valence-corrected chi connectivity index (χ4v) is 13.0. The van der Waals surface area contributed by atoms with Gasteiger partial charge in [0.1, 0.15) is 12.2 Å². The van der Waals surface area contributed by atoms with E-state index in [0.29, 0.717) is 24.8 Å². The number of alkyl carbamates (subject to hydrolysis) is 1. The van der Waals surface area contributed by atoms with Crippen molar-refractivity contribution in [3.05, 3.63) is 30.1 Å². The van der Waals surface area contributed by atoms with Crippen molar-refractivity contribution in [1.29, 1.82) is 0 Å². The van der Waals surface area contributed by atoms with Crippen LogP contribution in [0.5, 0.6) is 0 Å². The van der Waals surface area contributed by atoms with Crippen molar-refractivity contribution >= 4 is 6.09 Å². The van der Waals surface area contributed by atoms with Crippen molar-refractivity contribution in [3.8, 4) is 0 Å². The molecule has 0 radical (unpaired) electrons. The third kappa shape index (κ3) is 4.23. The van der Waals surface area contributed by atoms with Crippen molar-refractivity contribution in [2.45, 2.75) is 142 Å². The second kappa shape index (κ2) is 10.1. The average molecular weight is 625 g/mol. The van der Waals surface area contributed by atoms with Gasteiger partial charge >= 0.3 is 6.09 Å². The van der Waals surface area contributed by atoms with Crippen LogP contribution in [0.3, 0.4) is 0 Å². The molecule has 6 fully saturated rings. The van der Waals surface area contributed by atoms with E-state index in [2.05, 4.69) is 44.9 Å². The number of hydrogen-bond acceptors (Lipinski definition) is 7. The molecule has 5 saturated carbocycles. The molecule has 1 aliphatic heterocycles. The van der Waals surface area contributed by atoms with Gasteiger partial charge in [-0.1, -0.05) is 40.7 Å². The summed E-state index contributed by atoms with van der Waals surface area (Å²) in [6.07, 6.45) is 7.05. The van der Waals surface area contributed by atoms with Gasteiger partial charge in [0, 0.05) is 17.0 Å². The zero-order valence-corrected chi connectivity index (χ0v) is 28.4. The van der Waals surface area contributed by atoms with E-state index in [-0.39, 0.29) is 57.2 Å². The summed E-state index contributed by atoms with van der Waals surface area (Å²) in [5.74, 6) is 1.38. The monoisotopic (exact) mass is 624 g/mol. The second-order valence-electron chi connectivity index (χ2n) is 17.7. The summed E-state index contributed by atoms with van der Waals surface area (Å²) in [6.45, 7) is 15.3. The molecule has 6 aliphatic rings. The number of carbonyl (C=O) groups excluding carboxylic acids is 1. The molecule has 1 aromatic heterocycles. The first kappa shape index (κ1) is 31.8. The van der Waals surface area contributed by atoms with Gasteiger partial charge in [-0.15, -0.1) is 0 Å². The summed E-state index contributed by atoms with van der Waals surface area (Å²) in [6, 6.07) is 5.68. The van der Waals surface area contributed by atoms with Crippen molar-refractivity contribution in [1.82, 2.24) is 10.3 Å². The van der Waals surface area contributed by atoms with Gasteiger partial charge in [-0.2, -0.15) is 0 Å². The maximum Gasteiger partial charge on any atom is 0.407 e. The van der Waals surface area contributed by atoms with Gasteiger partial charge in [0.15, 0.2) is 0 Å². The molecule has 1 saturated heterocycles. The van der Waals surface area contributed by atoms with E-state index in [4.69, 9.17) is 9.47 Å². The number of amides is 1. The highest BCUT2D eigenvalue weighted by molar-refractivity contribution is 5.67. The van der Waals surface area contributed by atoms with E-state index in [1.54, 1.807) is 20.0 Å². The first-order valence-electron chi connectivity index (χ1n) is 17.6. The number of rotatable bonds is 5. The Bertz CT molecular complexity index is 1320. The van der Waals surface area contributed by atoms with E-state index in [1.807, 2.05) is 18.2 Å². The molecule has 7 rings (SSSR count). The summed E-state index contributed by atoms with van der Waals surface area (Å²) in [5, 5.41) is 36.9. The fourth-order valence-electron chi connectivity index (χ4n) is 13.0. The smallest absolute Gasteiger partial charge is 0.407 e. The molecule has 4 N–H and O–H groups in total. The maximum absolute atomic E-state index is 12.9. The predicted molar refractivity (Wildman–Crippen MR) is 170 cm³/mol. The molecule has 1 aromatic rings. The molecule has 0 aromatic carbocycles. The molecule has 13 atom stereocenters. The van der Waals surface area contributed by atoms with E-state index >= 15 is 0 Å². The molecule has 0 bridgehead atoms. The molecule has 8 nitrogen and oxygen atoms in total. The Morgan fingerprint density at radius 3 is 2.51 bits per heavy atom. The number of aromatic nitrogens is 1. The van der Waals surface area contributed by atoms with Crippen LogP contribution in [0, 0.1) is 50.7 Å². The molecule has 45 heavy (non-hydrogen) atoms. The lowest BCUT2D eigenvalue weighted by Gasteiger charge is -2.63. The summed E-state index contributed by atoms with van der Waals surface area (Å²) in [4.78, 5) is 17.2. The molecule has 250 valence electrons. The third-order valence-electron chi connectivity index (χ3n) is 15.2. The normalized spacial score (nSPS) is 48.5. The second-order valence-corrected chi connectivity index (χ2v) is 17.7. The van der Waals surface area contributed by atoms with Gasteiger partial charge in [0.25, 0.3) is 0 Å². The average Bonchev–Trinajstić information content (AvgIpc) is 3.62. The highest BCUT2D eigenvalue weighted by Crippen LogP contribution is 2.89. The van der Waals surface area contributed by atoms with Crippen LogP contribution in [0.4, 0.5) is 4.79 Å². The van der Waals surface area contributed by atoms with Crippen LogP contribution >= 0.6 is 0 Å². The Labute approximate surface area is 269 Å². The Morgan fingerprint density at radius 1 is 1.11 bits per heavy atom. The number of aliphatic hydroxyl groups excluding tert-OH is 2. The zero-order chi connectivity index (χ0) is 32.4. The van der Waals surface area contributed by atoms with Crippen LogP contribution in [0.1, 0.15) is 106 Å². The number of carbonyl (C=O) groups is 1. The van der Waals surface area contributed by atoms with Crippen molar-refractivity contribution in [3.63, 3.8) is 0 Å². The number of pyridine rings is 1. The SMILES string of the molecule is C[C@@H]1CC([C@H](O)C(C)(C)O)OC2[C@H]1[C@@]1(C)CCC34CC35CC[C@H](OC(=O)NCc3ccccn3)C(C)(C)[C@@H]5CCC4[C@]1(C)[C@H]2O. The van der Waals surface area contributed by atoms with Crippen molar-refractivity contribution in [2.75, 3.05) is 0 Å². The molecule has 2 heterocycles. The summed E-state index contributed by atoms with van der Waals surface area (Å²) >= 11 is 0. The van der Waals surface area contributed by atoms with Gasteiger partial charge in [-0.05, 0) is 117 Å². The topological polar surface area (TPSA) is 121 Å². The quantitative estimate of drug-likeness (QED) is 0.336. The van der Waals surface area contributed by atoms with Crippen LogP contribution < -0.4 is 5.32 Å². The number of nitrogens with zero attached hydrogens (tertiary/aromatic N) is 1. The van der Waals surface area contributed by atoms with Crippen LogP contribution in [0.25, 0.3) is 0 Å². The van der Waals surface area contributed by atoms with E-state index < -0.39 is 23.9 Å². The molecular formula is C37H56N2O6. The first-order chi connectivity index (χ1) is 21.0.